The van der Waals surface area contributed by atoms with Crippen LogP contribution in [0.15, 0.2) is 24.3 Å². The number of rotatable bonds is 8. The van der Waals surface area contributed by atoms with E-state index < -0.39 is 28.5 Å². The second-order valence-corrected chi connectivity index (χ2v) is 6.45. The minimum atomic E-state index is -3.52. The minimum Gasteiger partial charge on any atom is -0.452 e. The number of ether oxygens (including phenoxy) is 1. The smallest absolute Gasteiger partial charge is 0.340 e. The zero-order valence-corrected chi connectivity index (χ0v) is 13.4. The molecule has 1 amide bonds. The third-order valence-electron chi connectivity index (χ3n) is 2.63. The number of nitrogens with one attached hydrogen (secondary N) is 2. The van der Waals surface area contributed by atoms with Crippen molar-refractivity contribution < 1.29 is 22.7 Å². The summed E-state index contributed by atoms with van der Waals surface area (Å²) in [6, 6.07) is 6.02. The van der Waals surface area contributed by atoms with E-state index in [1.807, 2.05) is 6.92 Å². The van der Waals surface area contributed by atoms with Gasteiger partial charge in [0.05, 0.1) is 17.5 Å². The maximum atomic E-state index is 11.9. The highest BCUT2D eigenvalue weighted by Crippen LogP contribution is 2.17. The lowest BCUT2D eigenvalue weighted by molar-refractivity contribution is -0.124. The van der Waals surface area contributed by atoms with Crippen LogP contribution in [0.25, 0.3) is 0 Å². The molecule has 1 aromatic rings. The molecule has 7 nitrogen and oxygen atoms in total. The standard InChI is InChI=1S/C14H20N2O5S/c1-3-4-9-15-13(17)10-21-14(18)11-7-5-6-8-12(11)16-22(2,19)20/h5-8,16H,3-4,9-10H2,1-2H3,(H,15,17). The van der Waals surface area contributed by atoms with Crippen LogP contribution in [0.3, 0.4) is 0 Å². The van der Waals surface area contributed by atoms with Gasteiger partial charge in [-0.2, -0.15) is 0 Å². The van der Waals surface area contributed by atoms with Gasteiger partial charge >= 0.3 is 5.97 Å². The Balaban J connectivity index is 2.64. The number of benzene rings is 1. The van der Waals surface area contributed by atoms with Gasteiger partial charge in [0.2, 0.25) is 10.0 Å². The van der Waals surface area contributed by atoms with Crippen LogP contribution >= 0.6 is 0 Å². The number of carbonyl (C=O) groups is 2. The van der Waals surface area contributed by atoms with E-state index in [1.165, 1.54) is 12.1 Å². The van der Waals surface area contributed by atoms with Crippen molar-refractivity contribution in [2.75, 3.05) is 24.1 Å². The zero-order valence-electron chi connectivity index (χ0n) is 12.6. The van der Waals surface area contributed by atoms with Gasteiger partial charge in [0, 0.05) is 6.54 Å². The molecule has 0 bridgehead atoms. The highest BCUT2D eigenvalue weighted by molar-refractivity contribution is 7.92. The summed E-state index contributed by atoms with van der Waals surface area (Å²) in [7, 11) is -3.52. The molecule has 0 aromatic heterocycles. The fraction of sp³-hybridized carbons (Fsp3) is 0.429. The summed E-state index contributed by atoms with van der Waals surface area (Å²) < 4.78 is 29.6. The molecule has 1 rings (SSSR count). The molecule has 0 aliphatic rings. The lowest BCUT2D eigenvalue weighted by Gasteiger charge is -2.10. The molecule has 0 unspecified atom stereocenters. The molecule has 0 heterocycles. The highest BCUT2D eigenvalue weighted by Gasteiger charge is 2.16. The second kappa shape index (κ2) is 8.38. The van der Waals surface area contributed by atoms with E-state index in [2.05, 4.69) is 10.0 Å². The predicted molar refractivity (Wildman–Crippen MR) is 83.1 cm³/mol. The summed E-state index contributed by atoms with van der Waals surface area (Å²) in [6.45, 7) is 2.12. The van der Waals surface area contributed by atoms with Crippen molar-refractivity contribution in [1.82, 2.24) is 5.32 Å². The first-order valence-electron chi connectivity index (χ1n) is 6.84. The SMILES string of the molecule is CCCCNC(=O)COC(=O)c1ccccc1NS(C)(=O)=O. The van der Waals surface area contributed by atoms with Crippen molar-refractivity contribution in [2.45, 2.75) is 19.8 Å². The summed E-state index contributed by atoms with van der Waals surface area (Å²) >= 11 is 0. The van der Waals surface area contributed by atoms with Gasteiger partial charge in [0.25, 0.3) is 5.91 Å². The molecule has 0 saturated heterocycles. The number of sulfonamides is 1. The predicted octanol–water partition coefficient (Wildman–Crippen LogP) is 1.13. The summed E-state index contributed by atoms with van der Waals surface area (Å²) in [5.41, 5.74) is 0.163. The van der Waals surface area contributed by atoms with Crippen LogP contribution < -0.4 is 10.0 Å². The fourth-order valence-electron chi connectivity index (χ4n) is 1.61. The van der Waals surface area contributed by atoms with Crippen molar-refractivity contribution in [1.29, 1.82) is 0 Å². The van der Waals surface area contributed by atoms with E-state index in [0.717, 1.165) is 19.1 Å². The topological polar surface area (TPSA) is 102 Å². The van der Waals surface area contributed by atoms with Gasteiger partial charge in [-0.15, -0.1) is 0 Å². The Hall–Kier alpha value is -2.09. The van der Waals surface area contributed by atoms with E-state index in [0.29, 0.717) is 6.54 Å². The van der Waals surface area contributed by atoms with Crippen molar-refractivity contribution in [3.05, 3.63) is 29.8 Å². The fourth-order valence-corrected chi connectivity index (χ4v) is 2.19. The number of carbonyl (C=O) groups excluding carboxylic acids is 2. The molecule has 22 heavy (non-hydrogen) atoms. The zero-order chi connectivity index (χ0) is 16.6. The normalized spacial score (nSPS) is 10.8. The van der Waals surface area contributed by atoms with Crippen molar-refractivity contribution in [3.63, 3.8) is 0 Å². The van der Waals surface area contributed by atoms with Crippen LogP contribution in [0, 0.1) is 0 Å². The van der Waals surface area contributed by atoms with Gasteiger partial charge < -0.3 is 10.1 Å². The largest absolute Gasteiger partial charge is 0.452 e. The molecule has 0 aliphatic carbocycles. The third-order valence-corrected chi connectivity index (χ3v) is 3.22. The maximum absolute atomic E-state index is 11.9. The highest BCUT2D eigenvalue weighted by atomic mass is 32.2. The Morgan fingerprint density at radius 1 is 1.23 bits per heavy atom. The van der Waals surface area contributed by atoms with Gasteiger partial charge in [0.1, 0.15) is 0 Å². The first-order chi connectivity index (χ1) is 10.3. The molecular formula is C14H20N2O5S. The number of hydrogen-bond acceptors (Lipinski definition) is 5. The Bertz CT molecular complexity index is 628. The summed E-state index contributed by atoms with van der Waals surface area (Å²) in [4.78, 5) is 23.4. The minimum absolute atomic E-state index is 0.0503. The monoisotopic (exact) mass is 328 g/mol. The number of para-hydroxylation sites is 1. The van der Waals surface area contributed by atoms with Crippen molar-refractivity contribution >= 4 is 27.6 Å². The summed E-state index contributed by atoms with van der Waals surface area (Å²) in [6.07, 6.45) is 2.78. The molecule has 2 N–H and O–H groups in total. The lowest BCUT2D eigenvalue weighted by atomic mass is 10.2. The molecule has 0 saturated carbocycles. The lowest BCUT2D eigenvalue weighted by Crippen LogP contribution is -2.29. The summed E-state index contributed by atoms with van der Waals surface area (Å²) in [5.74, 6) is -1.16. The molecule has 1 aromatic carbocycles. The van der Waals surface area contributed by atoms with Gasteiger partial charge in [0.15, 0.2) is 6.61 Å². The molecule has 0 spiro atoms. The van der Waals surface area contributed by atoms with Gasteiger partial charge in [-0.05, 0) is 18.6 Å². The number of amides is 1. The van der Waals surface area contributed by atoms with Crippen LogP contribution in [0.2, 0.25) is 0 Å². The number of anilines is 1. The van der Waals surface area contributed by atoms with E-state index >= 15 is 0 Å². The molecule has 0 aliphatic heterocycles. The first-order valence-corrected chi connectivity index (χ1v) is 8.73. The Kier molecular flexibility index (Phi) is 6.84. The Labute approximate surface area is 130 Å². The number of hydrogen-bond donors (Lipinski definition) is 2. The van der Waals surface area contributed by atoms with Crippen molar-refractivity contribution in [2.24, 2.45) is 0 Å². The van der Waals surface area contributed by atoms with E-state index in [9.17, 15) is 18.0 Å². The van der Waals surface area contributed by atoms with Gasteiger partial charge in [-0.25, -0.2) is 13.2 Å². The van der Waals surface area contributed by atoms with Crippen molar-refractivity contribution in [3.8, 4) is 0 Å². The van der Waals surface area contributed by atoms with E-state index in [1.54, 1.807) is 12.1 Å². The van der Waals surface area contributed by atoms with Crippen LogP contribution in [-0.2, 0) is 19.6 Å². The molecular weight excluding hydrogens is 308 g/mol. The first kappa shape index (κ1) is 18.0. The molecule has 0 fully saturated rings. The molecule has 8 heteroatoms. The molecule has 0 atom stereocenters. The van der Waals surface area contributed by atoms with Gasteiger partial charge in [-0.3, -0.25) is 9.52 Å². The average Bonchev–Trinajstić information content (AvgIpc) is 2.44. The third kappa shape index (κ3) is 6.57. The van der Waals surface area contributed by atoms with Crippen LogP contribution in [0.5, 0.6) is 0 Å². The second-order valence-electron chi connectivity index (χ2n) is 4.70. The number of unbranched alkanes of at least 4 members (excludes halogenated alkanes) is 1. The van der Waals surface area contributed by atoms with E-state index in [-0.39, 0.29) is 11.3 Å². The van der Waals surface area contributed by atoms with Crippen LogP contribution in [0.4, 0.5) is 5.69 Å². The molecule has 0 radical (unpaired) electrons. The molecule has 122 valence electrons. The quantitative estimate of drug-likeness (QED) is 0.550. The Morgan fingerprint density at radius 3 is 2.55 bits per heavy atom. The van der Waals surface area contributed by atoms with E-state index in [4.69, 9.17) is 4.74 Å². The average molecular weight is 328 g/mol. The summed E-state index contributed by atoms with van der Waals surface area (Å²) in [5, 5.41) is 2.62. The maximum Gasteiger partial charge on any atom is 0.340 e. The van der Waals surface area contributed by atoms with Crippen LogP contribution in [0.1, 0.15) is 30.1 Å². The van der Waals surface area contributed by atoms with Gasteiger partial charge in [-0.1, -0.05) is 25.5 Å². The Morgan fingerprint density at radius 2 is 1.91 bits per heavy atom. The van der Waals surface area contributed by atoms with Crippen LogP contribution in [-0.4, -0.2) is 39.7 Å². The number of esters is 1.